The van der Waals surface area contributed by atoms with Crippen molar-refractivity contribution >= 4 is 52.1 Å². The van der Waals surface area contributed by atoms with Gasteiger partial charge in [0, 0.05) is 22.6 Å². The van der Waals surface area contributed by atoms with Crippen molar-refractivity contribution in [2.45, 2.75) is 0 Å². The van der Waals surface area contributed by atoms with Crippen molar-refractivity contribution in [3.63, 3.8) is 0 Å². The number of carbonyl (C=O) groups is 1. The zero-order valence-corrected chi connectivity index (χ0v) is 13.9. The molecule has 2 aromatic rings. The van der Waals surface area contributed by atoms with Crippen LogP contribution in [0.2, 0.25) is 15.1 Å². The van der Waals surface area contributed by atoms with E-state index in [0.29, 0.717) is 26.4 Å². The molecule has 0 aliphatic heterocycles. The van der Waals surface area contributed by atoms with Gasteiger partial charge < -0.3 is 10.6 Å². The highest BCUT2D eigenvalue weighted by molar-refractivity contribution is 6.42. The summed E-state index contributed by atoms with van der Waals surface area (Å²) in [6.07, 6.45) is 1.30. The molecule has 2 aromatic carbocycles. The van der Waals surface area contributed by atoms with E-state index < -0.39 is 5.91 Å². The quantitative estimate of drug-likeness (QED) is 0.584. The van der Waals surface area contributed by atoms with Crippen LogP contribution in [-0.4, -0.2) is 5.91 Å². The van der Waals surface area contributed by atoms with Crippen molar-refractivity contribution in [2.24, 2.45) is 0 Å². The molecule has 0 bridgehead atoms. The Morgan fingerprint density at radius 3 is 2.26 bits per heavy atom. The molecule has 1 amide bonds. The standard InChI is InChI=1S/C16H10Cl3N3O/c17-11-1-3-12(4-2-11)22-16(23)10(8-20)9-21-13-5-6-14(18)15(19)7-13/h1-7,9,21H,(H,22,23)/b10-9-. The minimum atomic E-state index is -0.539. The summed E-state index contributed by atoms with van der Waals surface area (Å²) in [5.41, 5.74) is 1.05. The monoisotopic (exact) mass is 365 g/mol. The van der Waals surface area contributed by atoms with Crippen molar-refractivity contribution in [1.29, 1.82) is 5.26 Å². The molecule has 2 rings (SSSR count). The predicted molar refractivity (Wildman–Crippen MR) is 93.9 cm³/mol. The third kappa shape index (κ3) is 4.90. The summed E-state index contributed by atoms with van der Waals surface area (Å²) >= 11 is 17.5. The van der Waals surface area contributed by atoms with Gasteiger partial charge in [0.15, 0.2) is 0 Å². The fraction of sp³-hybridized carbons (Fsp3) is 0. The smallest absolute Gasteiger partial charge is 0.267 e. The van der Waals surface area contributed by atoms with E-state index >= 15 is 0 Å². The minimum Gasteiger partial charge on any atom is -0.360 e. The number of halogens is 3. The summed E-state index contributed by atoms with van der Waals surface area (Å²) in [5.74, 6) is -0.539. The number of amides is 1. The van der Waals surface area contributed by atoms with Crippen molar-refractivity contribution in [3.05, 3.63) is 69.3 Å². The highest BCUT2D eigenvalue weighted by atomic mass is 35.5. The first-order chi connectivity index (χ1) is 11.0. The fourth-order valence-corrected chi connectivity index (χ4v) is 2.05. The molecular weight excluding hydrogens is 357 g/mol. The van der Waals surface area contributed by atoms with Crippen LogP contribution in [0.5, 0.6) is 0 Å². The number of benzene rings is 2. The maximum atomic E-state index is 12.0. The second kappa shape index (κ2) is 7.89. The molecule has 0 aliphatic carbocycles. The van der Waals surface area contributed by atoms with Gasteiger partial charge in [0.05, 0.1) is 10.0 Å². The maximum absolute atomic E-state index is 12.0. The topological polar surface area (TPSA) is 64.9 Å². The molecule has 2 N–H and O–H groups in total. The van der Waals surface area contributed by atoms with E-state index in [1.165, 1.54) is 6.20 Å². The largest absolute Gasteiger partial charge is 0.360 e. The lowest BCUT2D eigenvalue weighted by Crippen LogP contribution is -2.14. The normalized spacial score (nSPS) is 10.8. The SMILES string of the molecule is N#C/C(=C/Nc1ccc(Cl)c(Cl)c1)C(=O)Nc1ccc(Cl)cc1. The first-order valence-corrected chi connectivity index (χ1v) is 7.52. The molecule has 4 nitrogen and oxygen atoms in total. The van der Waals surface area contributed by atoms with Gasteiger partial charge in [-0.1, -0.05) is 34.8 Å². The van der Waals surface area contributed by atoms with E-state index in [1.54, 1.807) is 42.5 Å². The van der Waals surface area contributed by atoms with E-state index in [-0.39, 0.29) is 5.57 Å². The summed E-state index contributed by atoms with van der Waals surface area (Å²) in [6, 6.07) is 13.3. The van der Waals surface area contributed by atoms with Gasteiger partial charge >= 0.3 is 0 Å². The Morgan fingerprint density at radius 2 is 1.65 bits per heavy atom. The Hall–Kier alpha value is -2.19. The van der Waals surface area contributed by atoms with Crippen LogP contribution in [0.4, 0.5) is 11.4 Å². The number of nitrogens with one attached hydrogen (secondary N) is 2. The van der Waals surface area contributed by atoms with Crippen LogP contribution in [0, 0.1) is 11.3 Å². The molecule has 23 heavy (non-hydrogen) atoms. The molecule has 116 valence electrons. The summed E-state index contributed by atoms with van der Waals surface area (Å²) in [7, 11) is 0. The van der Waals surface area contributed by atoms with Gasteiger partial charge in [0.1, 0.15) is 11.6 Å². The Bertz CT molecular complexity index is 795. The molecule has 0 unspecified atom stereocenters. The van der Waals surface area contributed by atoms with Crippen LogP contribution in [0.1, 0.15) is 0 Å². The Balaban J connectivity index is 2.08. The molecule has 0 spiro atoms. The Kier molecular flexibility index (Phi) is 5.89. The molecule has 0 atom stereocenters. The van der Waals surface area contributed by atoms with Crippen molar-refractivity contribution in [2.75, 3.05) is 10.6 Å². The zero-order valence-electron chi connectivity index (χ0n) is 11.6. The van der Waals surface area contributed by atoms with Crippen molar-refractivity contribution in [1.82, 2.24) is 0 Å². The molecule has 0 fully saturated rings. The molecule has 0 saturated heterocycles. The van der Waals surface area contributed by atoms with E-state index in [4.69, 9.17) is 40.1 Å². The first-order valence-electron chi connectivity index (χ1n) is 6.38. The van der Waals surface area contributed by atoms with Gasteiger partial charge in [-0.05, 0) is 42.5 Å². The van der Waals surface area contributed by atoms with Gasteiger partial charge in [-0.15, -0.1) is 0 Å². The number of hydrogen-bond acceptors (Lipinski definition) is 3. The summed E-state index contributed by atoms with van der Waals surface area (Å²) < 4.78 is 0. The fourth-order valence-electron chi connectivity index (χ4n) is 1.62. The average Bonchev–Trinajstić information content (AvgIpc) is 2.53. The lowest BCUT2D eigenvalue weighted by molar-refractivity contribution is -0.112. The second-order valence-electron chi connectivity index (χ2n) is 4.40. The highest BCUT2D eigenvalue weighted by Crippen LogP contribution is 2.25. The molecule has 0 aromatic heterocycles. The van der Waals surface area contributed by atoms with E-state index in [0.717, 1.165) is 0 Å². The maximum Gasteiger partial charge on any atom is 0.267 e. The van der Waals surface area contributed by atoms with Gasteiger partial charge in [-0.25, -0.2) is 0 Å². The van der Waals surface area contributed by atoms with Crippen molar-refractivity contribution in [3.8, 4) is 6.07 Å². The summed E-state index contributed by atoms with van der Waals surface area (Å²) in [6.45, 7) is 0. The lowest BCUT2D eigenvalue weighted by Gasteiger charge is -2.06. The third-order valence-electron chi connectivity index (χ3n) is 2.77. The number of nitrogens with zero attached hydrogens (tertiary/aromatic N) is 1. The van der Waals surface area contributed by atoms with Crippen LogP contribution < -0.4 is 10.6 Å². The van der Waals surface area contributed by atoms with E-state index in [1.807, 2.05) is 6.07 Å². The molecule has 0 radical (unpaired) electrons. The van der Waals surface area contributed by atoms with Crippen molar-refractivity contribution < 1.29 is 4.79 Å². The van der Waals surface area contributed by atoms with Crippen LogP contribution in [0.25, 0.3) is 0 Å². The van der Waals surface area contributed by atoms with Crippen LogP contribution >= 0.6 is 34.8 Å². The molecule has 0 saturated carbocycles. The van der Waals surface area contributed by atoms with E-state index in [9.17, 15) is 4.79 Å². The van der Waals surface area contributed by atoms with Gasteiger partial charge in [-0.2, -0.15) is 5.26 Å². The number of anilines is 2. The Labute approximate surface area is 148 Å². The third-order valence-corrected chi connectivity index (χ3v) is 3.76. The number of nitriles is 1. The number of rotatable bonds is 4. The molecule has 0 aliphatic rings. The van der Waals surface area contributed by atoms with E-state index in [2.05, 4.69) is 10.6 Å². The van der Waals surface area contributed by atoms with Gasteiger partial charge in [0.25, 0.3) is 5.91 Å². The number of carbonyl (C=O) groups excluding carboxylic acids is 1. The molecule has 0 heterocycles. The van der Waals surface area contributed by atoms with Crippen LogP contribution in [0.3, 0.4) is 0 Å². The molecular formula is C16H10Cl3N3O. The minimum absolute atomic E-state index is 0.0916. The first kappa shape index (κ1) is 17.2. The van der Waals surface area contributed by atoms with Crippen LogP contribution in [-0.2, 0) is 4.79 Å². The summed E-state index contributed by atoms with van der Waals surface area (Å²) in [4.78, 5) is 12.0. The zero-order chi connectivity index (χ0) is 16.8. The Morgan fingerprint density at radius 1 is 1.00 bits per heavy atom. The van der Waals surface area contributed by atoms with Crippen LogP contribution in [0.15, 0.2) is 54.2 Å². The predicted octanol–water partition coefficient (Wildman–Crippen LogP) is 5.10. The highest BCUT2D eigenvalue weighted by Gasteiger charge is 2.09. The van der Waals surface area contributed by atoms with Gasteiger partial charge in [0.2, 0.25) is 0 Å². The lowest BCUT2D eigenvalue weighted by atomic mass is 10.2. The average molecular weight is 367 g/mol. The second-order valence-corrected chi connectivity index (χ2v) is 5.65. The number of hydrogen-bond donors (Lipinski definition) is 2. The molecule has 7 heteroatoms. The van der Waals surface area contributed by atoms with Gasteiger partial charge in [-0.3, -0.25) is 4.79 Å². The summed E-state index contributed by atoms with van der Waals surface area (Å²) in [5, 5.41) is 15.9.